The van der Waals surface area contributed by atoms with Crippen molar-refractivity contribution >= 4 is 17.6 Å². The quantitative estimate of drug-likeness (QED) is 0.666. The molecule has 1 rings (SSSR count). The highest BCUT2D eigenvalue weighted by molar-refractivity contribution is 6.03. The van der Waals surface area contributed by atoms with E-state index in [4.69, 9.17) is 5.11 Å². The summed E-state index contributed by atoms with van der Waals surface area (Å²) in [5, 5.41) is 13.9. The number of hydrazone groups is 1. The van der Waals surface area contributed by atoms with E-state index in [1.807, 2.05) is 6.92 Å². The van der Waals surface area contributed by atoms with Crippen molar-refractivity contribution in [2.75, 3.05) is 6.54 Å². The molecule has 1 N–H and O–H groups in total. The highest BCUT2D eigenvalue weighted by Crippen LogP contribution is 2.09. The molecular weight excluding hydrogens is 184 g/mol. The van der Waals surface area contributed by atoms with E-state index in [-0.39, 0.29) is 12.3 Å². The third-order valence-electron chi connectivity index (χ3n) is 2.00. The molecule has 0 atom stereocenters. The van der Waals surface area contributed by atoms with Gasteiger partial charge in [-0.2, -0.15) is 5.10 Å². The minimum atomic E-state index is -0.794. The highest BCUT2D eigenvalue weighted by Gasteiger charge is 2.19. The van der Waals surface area contributed by atoms with Crippen LogP contribution in [0.4, 0.5) is 0 Å². The summed E-state index contributed by atoms with van der Waals surface area (Å²) in [7, 11) is 0. The Balaban J connectivity index is 2.19. The lowest BCUT2D eigenvalue weighted by Gasteiger charge is -2.10. The van der Waals surface area contributed by atoms with Gasteiger partial charge in [0.1, 0.15) is 0 Å². The molecule has 0 aromatic rings. The Hall–Kier alpha value is -1.39. The lowest BCUT2D eigenvalue weighted by Crippen LogP contribution is -2.21. The SMILES string of the molecule is CC1=NN(CCCCC(=O)O)C(=O)C1. The Kier molecular flexibility index (Phi) is 3.62. The molecule has 5 heteroatoms. The number of hydrogen-bond acceptors (Lipinski definition) is 3. The largest absolute Gasteiger partial charge is 0.481 e. The minimum absolute atomic E-state index is 0.0119. The third-order valence-corrected chi connectivity index (χ3v) is 2.00. The predicted molar refractivity (Wildman–Crippen MR) is 50.9 cm³/mol. The van der Waals surface area contributed by atoms with Crippen LogP contribution in [0.3, 0.4) is 0 Å². The standard InChI is InChI=1S/C9H14N2O3/c1-7-6-8(12)11(10-7)5-3-2-4-9(13)14/h2-6H2,1H3,(H,13,14). The fourth-order valence-electron chi connectivity index (χ4n) is 1.32. The molecular formula is C9H14N2O3. The van der Waals surface area contributed by atoms with E-state index in [2.05, 4.69) is 5.10 Å². The first-order chi connectivity index (χ1) is 6.59. The maximum Gasteiger partial charge on any atom is 0.303 e. The Bertz CT molecular complexity index is 273. The van der Waals surface area contributed by atoms with E-state index >= 15 is 0 Å². The highest BCUT2D eigenvalue weighted by atomic mass is 16.4. The second-order valence-electron chi connectivity index (χ2n) is 3.38. The van der Waals surface area contributed by atoms with Gasteiger partial charge >= 0.3 is 5.97 Å². The van der Waals surface area contributed by atoms with E-state index in [0.717, 1.165) is 5.71 Å². The molecule has 0 saturated carbocycles. The lowest BCUT2D eigenvalue weighted by atomic mass is 10.2. The summed E-state index contributed by atoms with van der Waals surface area (Å²) in [5.74, 6) is -0.782. The molecule has 1 heterocycles. The fraction of sp³-hybridized carbons (Fsp3) is 0.667. The van der Waals surface area contributed by atoms with Gasteiger partial charge in [0, 0.05) is 18.7 Å². The maximum absolute atomic E-state index is 11.2. The number of carboxylic acid groups (broad SMARTS) is 1. The van der Waals surface area contributed by atoms with Crippen LogP contribution in [0.1, 0.15) is 32.6 Å². The van der Waals surface area contributed by atoms with Gasteiger partial charge in [-0.3, -0.25) is 9.59 Å². The molecule has 0 saturated heterocycles. The predicted octanol–water partition coefficient (Wildman–Crippen LogP) is 0.850. The average molecular weight is 198 g/mol. The zero-order valence-corrected chi connectivity index (χ0v) is 8.19. The van der Waals surface area contributed by atoms with Crippen LogP contribution in [0.2, 0.25) is 0 Å². The van der Waals surface area contributed by atoms with E-state index in [1.54, 1.807) is 0 Å². The second kappa shape index (κ2) is 4.74. The lowest BCUT2D eigenvalue weighted by molar-refractivity contribution is -0.137. The third kappa shape index (κ3) is 3.16. The molecule has 0 aromatic carbocycles. The van der Waals surface area contributed by atoms with Gasteiger partial charge in [-0.1, -0.05) is 0 Å². The molecule has 0 bridgehead atoms. The molecule has 0 radical (unpaired) electrons. The molecule has 14 heavy (non-hydrogen) atoms. The van der Waals surface area contributed by atoms with Gasteiger partial charge in [-0.25, -0.2) is 5.01 Å². The zero-order valence-electron chi connectivity index (χ0n) is 8.19. The number of carbonyl (C=O) groups excluding carboxylic acids is 1. The monoisotopic (exact) mass is 198 g/mol. The number of rotatable bonds is 5. The van der Waals surface area contributed by atoms with Gasteiger partial charge in [0.25, 0.3) is 0 Å². The Morgan fingerprint density at radius 3 is 2.79 bits per heavy atom. The van der Waals surface area contributed by atoms with Crippen LogP contribution in [0.5, 0.6) is 0 Å². The van der Waals surface area contributed by atoms with Crippen LogP contribution in [0, 0.1) is 0 Å². The summed E-state index contributed by atoms with van der Waals surface area (Å²) in [4.78, 5) is 21.4. The summed E-state index contributed by atoms with van der Waals surface area (Å²) in [6.07, 6.45) is 1.84. The van der Waals surface area contributed by atoms with Gasteiger partial charge in [0.15, 0.2) is 0 Å². The number of amides is 1. The van der Waals surface area contributed by atoms with Crippen molar-refractivity contribution in [2.24, 2.45) is 5.10 Å². The van der Waals surface area contributed by atoms with Crippen molar-refractivity contribution in [3.63, 3.8) is 0 Å². The van der Waals surface area contributed by atoms with E-state index < -0.39 is 5.97 Å². The molecule has 0 aliphatic carbocycles. The van der Waals surface area contributed by atoms with Gasteiger partial charge < -0.3 is 5.11 Å². The van der Waals surface area contributed by atoms with Crippen LogP contribution in [0.15, 0.2) is 5.10 Å². The van der Waals surface area contributed by atoms with Crippen molar-refractivity contribution in [1.29, 1.82) is 0 Å². The number of carboxylic acids is 1. The normalized spacial score (nSPS) is 15.9. The van der Waals surface area contributed by atoms with Crippen LogP contribution >= 0.6 is 0 Å². The molecule has 0 aromatic heterocycles. The fourth-order valence-corrected chi connectivity index (χ4v) is 1.32. The van der Waals surface area contributed by atoms with Gasteiger partial charge in [0.05, 0.1) is 6.42 Å². The first-order valence-electron chi connectivity index (χ1n) is 4.66. The van der Waals surface area contributed by atoms with Crippen molar-refractivity contribution in [2.45, 2.75) is 32.6 Å². The molecule has 0 spiro atoms. The summed E-state index contributed by atoms with van der Waals surface area (Å²) < 4.78 is 0. The molecule has 1 aliphatic heterocycles. The van der Waals surface area contributed by atoms with Gasteiger partial charge in [-0.15, -0.1) is 0 Å². The van der Waals surface area contributed by atoms with Crippen molar-refractivity contribution in [1.82, 2.24) is 5.01 Å². The molecule has 0 fully saturated rings. The molecule has 78 valence electrons. The van der Waals surface area contributed by atoms with Crippen molar-refractivity contribution < 1.29 is 14.7 Å². The minimum Gasteiger partial charge on any atom is -0.481 e. The second-order valence-corrected chi connectivity index (χ2v) is 3.38. The summed E-state index contributed by atoms with van der Waals surface area (Å²) in [6.45, 7) is 2.35. The summed E-state index contributed by atoms with van der Waals surface area (Å²) in [6, 6.07) is 0. The number of unbranched alkanes of at least 4 members (excludes halogenated alkanes) is 1. The number of nitrogens with zero attached hydrogens (tertiary/aromatic N) is 2. The van der Waals surface area contributed by atoms with Crippen molar-refractivity contribution in [3.8, 4) is 0 Å². The first kappa shape index (κ1) is 10.7. The molecule has 1 amide bonds. The zero-order chi connectivity index (χ0) is 10.6. The topological polar surface area (TPSA) is 70.0 Å². The van der Waals surface area contributed by atoms with E-state index in [0.29, 0.717) is 25.8 Å². The summed E-state index contributed by atoms with van der Waals surface area (Å²) in [5.41, 5.74) is 0.827. The van der Waals surface area contributed by atoms with Crippen LogP contribution in [-0.4, -0.2) is 34.2 Å². The maximum atomic E-state index is 11.2. The number of aliphatic carboxylic acids is 1. The first-order valence-corrected chi connectivity index (χ1v) is 4.66. The molecule has 1 aliphatic rings. The van der Waals surface area contributed by atoms with Gasteiger partial charge in [-0.05, 0) is 19.8 Å². The van der Waals surface area contributed by atoms with Crippen molar-refractivity contribution in [3.05, 3.63) is 0 Å². The van der Waals surface area contributed by atoms with Gasteiger partial charge in [0.2, 0.25) is 5.91 Å². The molecule has 0 unspecified atom stereocenters. The smallest absolute Gasteiger partial charge is 0.303 e. The van der Waals surface area contributed by atoms with Crippen LogP contribution < -0.4 is 0 Å². The van der Waals surface area contributed by atoms with E-state index in [1.165, 1.54) is 5.01 Å². The van der Waals surface area contributed by atoms with Crippen LogP contribution in [-0.2, 0) is 9.59 Å². The Morgan fingerprint density at radius 2 is 2.29 bits per heavy atom. The number of hydrogen-bond donors (Lipinski definition) is 1. The molecule has 5 nitrogen and oxygen atoms in total. The summed E-state index contributed by atoms with van der Waals surface area (Å²) >= 11 is 0. The Labute approximate surface area is 82.4 Å². The average Bonchev–Trinajstić information content (AvgIpc) is 2.39. The van der Waals surface area contributed by atoms with Crippen LogP contribution in [0.25, 0.3) is 0 Å². The Morgan fingerprint density at radius 1 is 1.57 bits per heavy atom. The van der Waals surface area contributed by atoms with E-state index in [9.17, 15) is 9.59 Å². The number of carbonyl (C=O) groups is 2.